The molecular weight excluding hydrogens is 236 g/mol. The summed E-state index contributed by atoms with van der Waals surface area (Å²) in [5.74, 6) is 0.521. The van der Waals surface area contributed by atoms with Crippen LogP contribution in [0.5, 0.6) is 0 Å². The lowest BCUT2D eigenvalue weighted by atomic mass is 10.5. The van der Waals surface area contributed by atoms with Gasteiger partial charge < -0.3 is 13.9 Å². The first-order chi connectivity index (χ1) is 7.22. The highest BCUT2D eigenvalue weighted by atomic mass is 32.2. The van der Waals surface area contributed by atoms with Crippen molar-refractivity contribution in [3.63, 3.8) is 0 Å². The van der Waals surface area contributed by atoms with Crippen LogP contribution in [-0.4, -0.2) is 23.2 Å². The molecule has 0 aromatic carbocycles. The molecule has 0 fully saturated rings. The first-order valence-corrected chi connectivity index (χ1v) is 5.50. The molecule has 1 rings (SSSR count). The van der Waals surface area contributed by atoms with Crippen LogP contribution in [0.2, 0.25) is 0 Å². The molecule has 0 unspecified atom stereocenters. The van der Waals surface area contributed by atoms with Gasteiger partial charge in [0.15, 0.2) is 0 Å². The zero-order chi connectivity index (χ0) is 11.1. The van der Waals surface area contributed by atoms with Crippen molar-refractivity contribution in [1.82, 2.24) is 0 Å². The van der Waals surface area contributed by atoms with Gasteiger partial charge in [-0.25, -0.2) is 0 Å². The summed E-state index contributed by atoms with van der Waals surface area (Å²) in [5.41, 5.74) is 0. The number of rotatable bonds is 4. The summed E-state index contributed by atoms with van der Waals surface area (Å²) in [6, 6.07) is 3.55. The molecule has 0 N–H and O–H groups in total. The lowest BCUT2D eigenvalue weighted by Crippen LogP contribution is -2.06. The van der Waals surface area contributed by atoms with Gasteiger partial charge in [-0.15, -0.1) is 0 Å². The number of hydrogen-bond donors (Lipinski definition) is 0. The van der Waals surface area contributed by atoms with Gasteiger partial charge in [0, 0.05) is 0 Å². The summed E-state index contributed by atoms with van der Waals surface area (Å²) in [4.78, 5) is 10.8. The lowest BCUT2D eigenvalue weighted by molar-refractivity contribution is -0.137. The fourth-order valence-electron chi connectivity index (χ4n) is 0.743. The minimum Gasteiger partial charge on any atom is -0.470 e. The number of hydrogen-bond acceptors (Lipinski definition) is 6. The third-order valence-corrected chi connectivity index (χ3v) is 2.65. The van der Waals surface area contributed by atoms with E-state index in [4.69, 9.17) is 21.4 Å². The first-order valence-electron chi connectivity index (χ1n) is 4.11. The fraction of sp³-hybridized carbons (Fsp3) is 0.333. The summed E-state index contributed by atoms with van der Waals surface area (Å²) in [7, 11) is 1.33. The molecule has 1 aromatic heterocycles. The highest BCUT2D eigenvalue weighted by Crippen LogP contribution is 2.09. The van der Waals surface area contributed by atoms with E-state index in [1.165, 1.54) is 7.11 Å². The van der Waals surface area contributed by atoms with Crippen molar-refractivity contribution in [3.05, 3.63) is 24.2 Å². The first kappa shape index (κ1) is 12.1. The van der Waals surface area contributed by atoms with E-state index in [9.17, 15) is 4.79 Å². The number of methoxy groups -OCH3 is 1. The summed E-state index contributed by atoms with van der Waals surface area (Å²) >= 11 is 6.01. The molecule has 0 bridgehead atoms. The lowest BCUT2D eigenvalue weighted by Gasteiger charge is -2.03. The zero-order valence-electron chi connectivity index (χ0n) is 8.10. The molecular formula is C9H10O4S2. The molecule has 0 aliphatic rings. The number of thiocarbonyl (C=S) groups is 1. The summed E-state index contributed by atoms with van der Waals surface area (Å²) in [6.07, 6.45) is 1.56. The van der Waals surface area contributed by atoms with Crippen LogP contribution in [0.25, 0.3) is 0 Å². The quantitative estimate of drug-likeness (QED) is 0.598. The van der Waals surface area contributed by atoms with Gasteiger partial charge in [0.25, 0.3) is 0 Å². The number of esters is 1. The van der Waals surface area contributed by atoms with Crippen LogP contribution in [0.4, 0.5) is 0 Å². The topological polar surface area (TPSA) is 48.7 Å². The maximum absolute atomic E-state index is 10.8. The van der Waals surface area contributed by atoms with Crippen LogP contribution in [0, 0.1) is 0 Å². The Morgan fingerprint density at radius 3 is 3.07 bits per heavy atom. The number of carbonyl (C=O) groups is 1. The average molecular weight is 246 g/mol. The van der Waals surface area contributed by atoms with E-state index in [0.29, 0.717) is 10.1 Å². The van der Waals surface area contributed by atoms with Crippen LogP contribution < -0.4 is 0 Å². The number of furan rings is 1. The van der Waals surface area contributed by atoms with E-state index in [0.717, 1.165) is 11.8 Å². The molecule has 4 nitrogen and oxygen atoms in total. The third kappa shape index (κ3) is 4.85. The largest absolute Gasteiger partial charge is 0.470 e. The molecule has 0 amide bonds. The minimum atomic E-state index is -0.330. The molecule has 6 heteroatoms. The predicted molar refractivity (Wildman–Crippen MR) is 60.6 cm³/mol. The Labute approximate surface area is 96.9 Å². The molecule has 82 valence electrons. The van der Waals surface area contributed by atoms with E-state index in [2.05, 4.69) is 4.74 Å². The summed E-state index contributed by atoms with van der Waals surface area (Å²) < 4.78 is 15.0. The van der Waals surface area contributed by atoms with Crippen molar-refractivity contribution in [2.75, 3.05) is 12.9 Å². The summed E-state index contributed by atoms with van der Waals surface area (Å²) in [5, 5.41) is 0. The zero-order valence-corrected chi connectivity index (χ0v) is 9.73. The number of thioether (sulfide) groups is 1. The Hall–Kier alpha value is -1.01. The molecule has 0 aliphatic carbocycles. The second-order valence-corrected chi connectivity index (χ2v) is 4.06. The van der Waals surface area contributed by atoms with Crippen molar-refractivity contribution in [2.24, 2.45) is 0 Å². The predicted octanol–water partition coefficient (Wildman–Crippen LogP) is 1.99. The standard InChI is InChI=1S/C9H10O4S2/c1-11-8(10)6-15-9(14)13-5-7-3-2-4-12-7/h2-4H,5-6H2,1H3. The number of carbonyl (C=O) groups excluding carboxylic acids is 1. The van der Waals surface area contributed by atoms with Crippen LogP contribution in [-0.2, 0) is 20.9 Å². The van der Waals surface area contributed by atoms with Gasteiger partial charge in [-0.05, 0) is 24.4 Å². The molecule has 1 aromatic rings. The maximum atomic E-state index is 10.8. The van der Waals surface area contributed by atoms with Gasteiger partial charge in [0.05, 0.1) is 19.1 Å². The van der Waals surface area contributed by atoms with Gasteiger partial charge in [0.1, 0.15) is 12.4 Å². The van der Waals surface area contributed by atoms with Crippen LogP contribution in [0.15, 0.2) is 22.8 Å². The van der Waals surface area contributed by atoms with Crippen molar-refractivity contribution in [2.45, 2.75) is 6.61 Å². The monoisotopic (exact) mass is 246 g/mol. The van der Waals surface area contributed by atoms with Crippen LogP contribution >= 0.6 is 24.0 Å². The van der Waals surface area contributed by atoms with Gasteiger partial charge in [-0.3, -0.25) is 4.79 Å². The SMILES string of the molecule is COC(=O)CSC(=S)OCc1ccco1. The van der Waals surface area contributed by atoms with E-state index < -0.39 is 0 Å². The van der Waals surface area contributed by atoms with E-state index in [-0.39, 0.29) is 18.3 Å². The maximum Gasteiger partial charge on any atom is 0.316 e. The Balaban J connectivity index is 2.16. The second kappa shape index (κ2) is 6.47. The Kier molecular flexibility index (Phi) is 5.20. The summed E-state index contributed by atoms with van der Waals surface area (Å²) in [6.45, 7) is 0.278. The van der Waals surface area contributed by atoms with E-state index >= 15 is 0 Å². The number of ether oxygens (including phenoxy) is 2. The second-order valence-electron chi connectivity index (χ2n) is 2.48. The van der Waals surface area contributed by atoms with Gasteiger partial charge in [0.2, 0.25) is 4.38 Å². The van der Waals surface area contributed by atoms with E-state index in [1.807, 2.05) is 0 Å². The molecule has 0 saturated carbocycles. The molecule has 0 radical (unpaired) electrons. The van der Waals surface area contributed by atoms with Gasteiger partial charge in [-0.2, -0.15) is 0 Å². The molecule has 0 saturated heterocycles. The van der Waals surface area contributed by atoms with Crippen LogP contribution in [0.1, 0.15) is 5.76 Å². The van der Waals surface area contributed by atoms with Crippen molar-refractivity contribution in [3.8, 4) is 0 Å². The normalized spacial score (nSPS) is 9.67. The van der Waals surface area contributed by atoms with Crippen LogP contribution in [0.3, 0.4) is 0 Å². The Bertz CT molecular complexity index is 321. The molecule has 1 heterocycles. The van der Waals surface area contributed by atoms with Crippen molar-refractivity contribution in [1.29, 1.82) is 0 Å². The van der Waals surface area contributed by atoms with Gasteiger partial charge in [-0.1, -0.05) is 11.8 Å². The molecule has 0 atom stereocenters. The van der Waals surface area contributed by atoms with Crippen molar-refractivity contribution >= 4 is 34.3 Å². The average Bonchev–Trinajstić information content (AvgIpc) is 2.75. The molecule has 0 aliphatic heterocycles. The third-order valence-electron chi connectivity index (χ3n) is 1.45. The highest BCUT2D eigenvalue weighted by Gasteiger charge is 2.06. The Morgan fingerprint density at radius 1 is 1.67 bits per heavy atom. The van der Waals surface area contributed by atoms with E-state index in [1.54, 1.807) is 18.4 Å². The molecule has 0 spiro atoms. The van der Waals surface area contributed by atoms with Crippen molar-refractivity contribution < 1.29 is 18.7 Å². The highest BCUT2D eigenvalue weighted by molar-refractivity contribution is 8.23. The smallest absolute Gasteiger partial charge is 0.316 e. The van der Waals surface area contributed by atoms with Gasteiger partial charge >= 0.3 is 5.97 Å². The molecule has 15 heavy (non-hydrogen) atoms. The minimum absolute atomic E-state index is 0.160. The Morgan fingerprint density at radius 2 is 2.47 bits per heavy atom. The fourth-order valence-corrected chi connectivity index (χ4v) is 1.47.